The third-order valence-electron chi connectivity index (χ3n) is 5.09. The molecule has 0 saturated heterocycles. The van der Waals surface area contributed by atoms with E-state index in [9.17, 15) is 9.59 Å². The molecule has 35 heavy (non-hydrogen) atoms. The van der Waals surface area contributed by atoms with Gasteiger partial charge in [-0.1, -0.05) is 6.07 Å². The first-order valence-corrected chi connectivity index (χ1v) is 12.0. The van der Waals surface area contributed by atoms with Gasteiger partial charge >= 0.3 is 5.97 Å². The molecule has 0 fully saturated rings. The van der Waals surface area contributed by atoms with Crippen molar-refractivity contribution in [2.45, 2.75) is 19.8 Å². The van der Waals surface area contributed by atoms with Crippen molar-refractivity contribution in [3.8, 4) is 34.1 Å². The molecular formula is C26H29NO7S. The van der Waals surface area contributed by atoms with Crippen LogP contribution in [0, 0.1) is 0 Å². The molecule has 0 aliphatic rings. The normalized spacial score (nSPS) is 10.4. The fourth-order valence-electron chi connectivity index (χ4n) is 3.36. The Kier molecular flexibility index (Phi) is 9.37. The van der Waals surface area contributed by atoms with Crippen molar-refractivity contribution in [1.29, 1.82) is 0 Å². The second-order valence-corrected chi connectivity index (χ2v) is 8.20. The Hall–Kier alpha value is -3.72. The molecule has 9 heteroatoms. The molecule has 0 unspecified atom stereocenters. The second-order valence-electron chi connectivity index (χ2n) is 7.32. The van der Waals surface area contributed by atoms with E-state index in [-0.39, 0.29) is 18.9 Å². The molecule has 1 heterocycles. The molecular weight excluding hydrogens is 470 g/mol. The van der Waals surface area contributed by atoms with E-state index in [2.05, 4.69) is 5.32 Å². The number of carbonyl (C=O) groups is 2. The van der Waals surface area contributed by atoms with Crippen LogP contribution in [0.2, 0.25) is 0 Å². The number of carbonyl (C=O) groups excluding carboxylic acids is 2. The fraction of sp³-hybridized carbons (Fsp3) is 0.308. The van der Waals surface area contributed by atoms with E-state index in [0.29, 0.717) is 46.4 Å². The van der Waals surface area contributed by atoms with Gasteiger partial charge in [0.15, 0.2) is 11.5 Å². The van der Waals surface area contributed by atoms with Crippen LogP contribution in [-0.4, -0.2) is 46.4 Å². The topological polar surface area (TPSA) is 92.3 Å². The maximum atomic E-state index is 12.8. The molecule has 1 N–H and O–H groups in total. The molecule has 1 amide bonds. The standard InChI is InChI=1S/C26H29NO7S/c1-5-33-26(29)24-20(17-8-13-21(31-3)22(15-17)32-4)16-35-25(24)27-23(28)7-6-14-34-19-11-9-18(30-2)10-12-19/h8-13,15-16H,5-7,14H2,1-4H3,(H,27,28). The number of thiophene rings is 1. The maximum Gasteiger partial charge on any atom is 0.341 e. The minimum Gasteiger partial charge on any atom is -0.497 e. The number of benzene rings is 2. The molecule has 2 aromatic carbocycles. The predicted molar refractivity (Wildman–Crippen MR) is 135 cm³/mol. The molecule has 0 radical (unpaired) electrons. The minimum atomic E-state index is -0.503. The summed E-state index contributed by atoms with van der Waals surface area (Å²) >= 11 is 1.27. The van der Waals surface area contributed by atoms with Crippen molar-refractivity contribution in [1.82, 2.24) is 0 Å². The minimum absolute atomic E-state index is 0.213. The Morgan fingerprint density at radius 3 is 2.29 bits per heavy atom. The number of anilines is 1. The van der Waals surface area contributed by atoms with Gasteiger partial charge in [-0.15, -0.1) is 11.3 Å². The maximum absolute atomic E-state index is 12.8. The van der Waals surface area contributed by atoms with Crippen molar-refractivity contribution in [2.75, 3.05) is 39.9 Å². The summed E-state index contributed by atoms with van der Waals surface area (Å²) in [5.41, 5.74) is 1.70. The molecule has 1 aromatic heterocycles. The molecule has 0 aliphatic heterocycles. The third-order valence-corrected chi connectivity index (χ3v) is 5.99. The van der Waals surface area contributed by atoms with Crippen LogP contribution in [-0.2, 0) is 9.53 Å². The van der Waals surface area contributed by atoms with Gasteiger partial charge < -0.3 is 29.0 Å². The van der Waals surface area contributed by atoms with Crippen LogP contribution < -0.4 is 24.3 Å². The SMILES string of the molecule is CCOC(=O)c1c(-c2ccc(OC)c(OC)c2)csc1NC(=O)CCCOc1ccc(OC)cc1. The predicted octanol–water partition coefficient (Wildman–Crippen LogP) is 5.42. The van der Waals surface area contributed by atoms with E-state index >= 15 is 0 Å². The lowest BCUT2D eigenvalue weighted by atomic mass is 10.0. The van der Waals surface area contributed by atoms with E-state index in [4.69, 9.17) is 23.7 Å². The Morgan fingerprint density at radius 1 is 0.914 bits per heavy atom. The Morgan fingerprint density at radius 2 is 1.63 bits per heavy atom. The van der Waals surface area contributed by atoms with Gasteiger partial charge in [0.2, 0.25) is 5.91 Å². The monoisotopic (exact) mass is 499 g/mol. The largest absolute Gasteiger partial charge is 0.497 e. The van der Waals surface area contributed by atoms with Gasteiger partial charge in [0.25, 0.3) is 0 Å². The van der Waals surface area contributed by atoms with Crippen molar-refractivity contribution in [3.05, 3.63) is 53.4 Å². The zero-order valence-electron chi connectivity index (χ0n) is 20.2. The van der Waals surface area contributed by atoms with Gasteiger partial charge in [0, 0.05) is 17.4 Å². The highest BCUT2D eigenvalue weighted by molar-refractivity contribution is 7.15. The average molecular weight is 500 g/mol. The van der Waals surface area contributed by atoms with Crippen LogP contribution >= 0.6 is 11.3 Å². The van der Waals surface area contributed by atoms with Crippen LogP contribution in [0.25, 0.3) is 11.1 Å². The highest BCUT2D eigenvalue weighted by Gasteiger charge is 2.23. The first kappa shape index (κ1) is 25.9. The number of rotatable bonds is 12. The van der Waals surface area contributed by atoms with Crippen LogP contribution in [0.1, 0.15) is 30.1 Å². The smallest absolute Gasteiger partial charge is 0.341 e. The summed E-state index contributed by atoms with van der Waals surface area (Å²) in [5, 5.41) is 5.11. The van der Waals surface area contributed by atoms with Gasteiger partial charge in [-0.2, -0.15) is 0 Å². The zero-order chi connectivity index (χ0) is 25.2. The third kappa shape index (κ3) is 6.66. The van der Waals surface area contributed by atoms with Crippen molar-refractivity contribution < 1.29 is 33.3 Å². The van der Waals surface area contributed by atoms with Crippen LogP contribution in [0.15, 0.2) is 47.8 Å². The highest BCUT2D eigenvalue weighted by atomic mass is 32.1. The molecule has 3 aromatic rings. The second kappa shape index (κ2) is 12.7. The molecule has 186 valence electrons. The summed E-state index contributed by atoms with van der Waals surface area (Å²) in [5.74, 6) is 1.85. The molecule has 0 spiro atoms. The van der Waals surface area contributed by atoms with Gasteiger partial charge in [0.05, 0.1) is 34.5 Å². The van der Waals surface area contributed by atoms with Gasteiger partial charge in [-0.05, 0) is 55.3 Å². The lowest BCUT2D eigenvalue weighted by Gasteiger charge is -2.11. The highest BCUT2D eigenvalue weighted by Crippen LogP contribution is 2.39. The summed E-state index contributed by atoms with van der Waals surface area (Å²) in [7, 11) is 4.71. The number of ether oxygens (including phenoxy) is 5. The van der Waals surface area contributed by atoms with Crippen LogP contribution in [0.5, 0.6) is 23.0 Å². The number of nitrogens with one attached hydrogen (secondary N) is 1. The molecule has 0 saturated carbocycles. The summed E-state index contributed by atoms with van der Waals surface area (Å²) in [4.78, 5) is 25.4. The van der Waals surface area contributed by atoms with E-state index in [1.165, 1.54) is 11.3 Å². The Bertz CT molecular complexity index is 1140. The summed E-state index contributed by atoms with van der Waals surface area (Å²) in [6, 6.07) is 12.6. The first-order valence-electron chi connectivity index (χ1n) is 11.1. The molecule has 0 atom stereocenters. The van der Waals surface area contributed by atoms with E-state index in [0.717, 1.165) is 11.3 Å². The van der Waals surface area contributed by atoms with Gasteiger partial charge in [-0.3, -0.25) is 4.79 Å². The average Bonchev–Trinajstić information content (AvgIpc) is 3.30. The number of hydrogen-bond donors (Lipinski definition) is 1. The van der Waals surface area contributed by atoms with E-state index in [1.54, 1.807) is 40.4 Å². The summed E-state index contributed by atoms with van der Waals surface area (Å²) in [6.45, 7) is 2.34. The fourth-order valence-corrected chi connectivity index (χ4v) is 4.33. The molecule has 8 nitrogen and oxygen atoms in total. The Balaban J connectivity index is 1.68. The van der Waals surface area contributed by atoms with Crippen molar-refractivity contribution >= 4 is 28.2 Å². The van der Waals surface area contributed by atoms with E-state index < -0.39 is 5.97 Å². The number of hydrogen-bond acceptors (Lipinski definition) is 8. The lowest BCUT2D eigenvalue weighted by molar-refractivity contribution is -0.116. The summed E-state index contributed by atoms with van der Waals surface area (Å²) < 4.78 is 26.8. The number of amides is 1. The van der Waals surface area contributed by atoms with Gasteiger partial charge in [-0.25, -0.2) is 4.79 Å². The lowest BCUT2D eigenvalue weighted by Crippen LogP contribution is -2.15. The quantitative estimate of drug-likeness (QED) is 0.263. The summed E-state index contributed by atoms with van der Waals surface area (Å²) in [6.07, 6.45) is 0.753. The zero-order valence-corrected chi connectivity index (χ0v) is 21.0. The number of methoxy groups -OCH3 is 3. The van der Waals surface area contributed by atoms with Gasteiger partial charge in [0.1, 0.15) is 22.1 Å². The van der Waals surface area contributed by atoms with Crippen molar-refractivity contribution in [3.63, 3.8) is 0 Å². The molecule has 0 aliphatic carbocycles. The first-order chi connectivity index (χ1) is 17.0. The Labute approximate surface area is 208 Å². The van der Waals surface area contributed by atoms with E-state index in [1.807, 2.05) is 35.7 Å². The van der Waals surface area contributed by atoms with Crippen LogP contribution in [0.3, 0.4) is 0 Å². The van der Waals surface area contributed by atoms with Crippen molar-refractivity contribution in [2.24, 2.45) is 0 Å². The van der Waals surface area contributed by atoms with Crippen LogP contribution in [0.4, 0.5) is 5.00 Å². The molecule has 3 rings (SSSR count). The molecule has 0 bridgehead atoms. The number of esters is 1.